The Morgan fingerprint density at radius 2 is 1.90 bits per heavy atom. The highest BCUT2D eigenvalue weighted by Gasteiger charge is 2.16. The van der Waals surface area contributed by atoms with Gasteiger partial charge in [-0.2, -0.15) is 10.4 Å². The van der Waals surface area contributed by atoms with Crippen molar-refractivity contribution in [1.82, 2.24) is 15.1 Å². The molecule has 0 aliphatic carbocycles. The molecule has 1 heterocycles. The summed E-state index contributed by atoms with van der Waals surface area (Å²) in [6.45, 7) is 2.02. The summed E-state index contributed by atoms with van der Waals surface area (Å²) in [5.74, 6) is -0.506. The van der Waals surface area contributed by atoms with Crippen LogP contribution in [0.2, 0.25) is 15.2 Å². The standard InChI is InChI=1S/C21H15Cl3N4O/c1-13-19(20(24)28(27-13)18-4-2-3-17(23)10-18)9-15(11-25)21(29)26-12-14-5-7-16(22)8-6-14/h2-10H,12H2,1H3,(H,26,29). The molecule has 8 heteroatoms. The second-order valence-corrected chi connectivity index (χ2v) is 7.39. The van der Waals surface area contributed by atoms with E-state index >= 15 is 0 Å². The fourth-order valence-electron chi connectivity index (χ4n) is 2.63. The third-order valence-corrected chi connectivity index (χ3v) is 4.97. The number of nitrogens with one attached hydrogen (secondary N) is 1. The van der Waals surface area contributed by atoms with Gasteiger partial charge in [-0.25, -0.2) is 4.68 Å². The molecule has 0 saturated heterocycles. The molecule has 1 amide bonds. The Morgan fingerprint density at radius 3 is 2.55 bits per heavy atom. The molecular formula is C21H15Cl3N4O. The summed E-state index contributed by atoms with van der Waals surface area (Å²) in [6, 6.07) is 16.0. The number of benzene rings is 2. The molecule has 3 aromatic rings. The maximum absolute atomic E-state index is 12.4. The number of aromatic nitrogens is 2. The van der Waals surface area contributed by atoms with Crippen LogP contribution in [-0.4, -0.2) is 15.7 Å². The number of aryl methyl sites for hydroxylation is 1. The van der Waals surface area contributed by atoms with Crippen molar-refractivity contribution in [2.24, 2.45) is 0 Å². The lowest BCUT2D eigenvalue weighted by atomic mass is 10.1. The Bertz CT molecular complexity index is 1130. The molecule has 0 radical (unpaired) electrons. The highest BCUT2D eigenvalue weighted by Crippen LogP contribution is 2.27. The van der Waals surface area contributed by atoms with Gasteiger partial charge >= 0.3 is 0 Å². The van der Waals surface area contributed by atoms with Crippen LogP contribution in [0.3, 0.4) is 0 Å². The first-order valence-corrected chi connectivity index (χ1v) is 9.68. The van der Waals surface area contributed by atoms with Gasteiger partial charge in [0.2, 0.25) is 0 Å². The van der Waals surface area contributed by atoms with Crippen LogP contribution in [0.15, 0.2) is 54.1 Å². The van der Waals surface area contributed by atoms with E-state index in [0.29, 0.717) is 27.0 Å². The fourth-order valence-corrected chi connectivity index (χ4v) is 3.26. The van der Waals surface area contributed by atoms with Gasteiger partial charge in [0.1, 0.15) is 16.8 Å². The van der Waals surface area contributed by atoms with E-state index in [1.807, 2.05) is 12.1 Å². The van der Waals surface area contributed by atoms with Gasteiger partial charge in [-0.3, -0.25) is 4.79 Å². The first-order chi connectivity index (χ1) is 13.9. The largest absolute Gasteiger partial charge is 0.347 e. The third-order valence-electron chi connectivity index (χ3n) is 4.12. The van der Waals surface area contributed by atoms with E-state index in [4.69, 9.17) is 34.8 Å². The maximum Gasteiger partial charge on any atom is 0.262 e. The SMILES string of the molecule is Cc1nn(-c2cccc(Cl)c2)c(Cl)c1C=C(C#N)C(=O)NCc1ccc(Cl)cc1. The van der Waals surface area contributed by atoms with Crippen molar-refractivity contribution >= 4 is 46.8 Å². The molecule has 29 heavy (non-hydrogen) atoms. The number of halogens is 3. The quantitative estimate of drug-likeness (QED) is 0.424. The number of hydrogen-bond acceptors (Lipinski definition) is 3. The van der Waals surface area contributed by atoms with E-state index in [1.165, 1.54) is 10.8 Å². The predicted molar refractivity (Wildman–Crippen MR) is 115 cm³/mol. The minimum atomic E-state index is -0.506. The molecule has 0 aliphatic heterocycles. The molecular weight excluding hydrogens is 431 g/mol. The van der Waals surface area contributed by atoms with Crippen molar-refractivity contribution in [2.45, 2.75) is 13.5 Å². The summed E-state index contributed by atoms with van der Waals surface area (Å²) in [5, 5.41) is 18.0. The van der Waals surface area contributed by atoms with Gasteiger partial charge in [0.05, 0.1) is 11.4 Å². The Morgan fingerprint density at radius 1 is 1.17 bits per heavy atom. The van der Waals surface area contributed by atoms with Gasteiger partial charge in [-0.15, -0.1) is 0 Å². The van der Waals surface area contributed by atoms with E-state index < -0.39 is 5.91 Å². The zero-order valence-electron chi connectivity index (χ0n) is 15.3. The van der Waals surface area contributed by atoms with Gasteiger partial charge in [0.15, 0.2) is 0 Å². The van der Waals surface area contributed by atoms with Gasteiger partial charge in [0, 0.05) is 22.2 Å². The van der Waals surface area contributed by atoms with Crippen molar-refractivity contribution in [3.63, 3.8) is 0 Å². The summed E-state index contributed by atoms with van der Waals surface area (Å²) < 4.78 is 1.51. The lowest BCUT2D eigenvalue weighted by Gasteiger charge is -2.05. The van der Waals surface area contributed by atoms with Crippen molar-refractivity contribution in [1.29, 1.82) is 5.26 Å². The molecule has 0 fully saturated rings. The van der Waals surface area contributed by atoms with E-state index in [9.17, 15) is 10.1 Å². The molecule has 0 unspecified atom stereocenters. The van der Waals surface area contributed by atoms with E-state index in [2.05, 4.69) is 10.4 Å². The third kappa shape index (κ3) is 4.99. The number of carbonyl (C=O) groups excluding carboxylic acids is 1. The first-order valence-electron chi connectivity index (χ1n) is 8.54. The van der Waals surface area contributed by atoms with Crippen LogP contribution in [-0.2, 0) is 11.3 Å². The highest BCUT2D eigenvalue weighted by molar-refractivity contribution is 6.32. The van der Waals surface area contributed by atoms with Crippen LogP contribution in [0.5, 0.6) is 0 Å². The number of carbonyl (C=O) groups is 1. The smallest absolute Gasteiger partial charge is 0.262 e. The average molecular weight is 446 g/mol. The molecule has 5 nitrogen and oxygen atoms in total. The number of nitriles is 1. The summed E-state index contributed by atoms with van der Waals surface area (Å²) in [5.41, 5.74) is 2.53. The second-order valence-electron chi connectivity index (χ2n) is 6.16. The minimum absolute atomic E-state index is 0.0744. The second kappa shape index (κ2) is 9.15. The first kappa shape index (κ1) is 20.9. The topological polar surface area (TPSA) is 70.7 Å². The Kier molecular flexibility index (Phi) is 6.60. The molecule has 1 N–H and O–H groups in total. The molecule has 0 spiro atoms. The predicted octanol–water partition coefficient (Wildman–Crippen LogP) is 5.36. The van der Waals surface area contributed by atoms with Crippen LogP contribution in [0.25, 0.3) is 11.8 Å². The average Bonchev–Trinajstić information content (AvgIpc) is 2.99. The molecule has 0 bridgehead atoms. The molecule has 0 atom stereocenters. The lowest BCUT2D eigenvalue weighted by Crippen LogP contribution is -2.23. The van der Waals surface area contributed by atoms with Crippen LogP contribution in [0, 0.1) is 18.3 Å². The van der Waals surface area contributed by atoms with Crippen LogP contribution < -0.4 is 5.32 Å². The van der Waals surface area contributed by atoms with Crippen molar-refractivity contribution in [3.05, 3.63) is 86.1 Å². The van der Waals surface area contributed by atoms with E-state index in [1.54, 1.807) is 49.4 Å². The normalized spacial score (nSPS) is 11.2. The molecule has 3 rings (SSSR count). The van der Waals surface area contributed by atoms with E-state index in [-0.39, 0.29) is 17.3 Å². The van der Waals surface area contributed by atoms with E-state index in [0.717, 1.165) is 5.56 Å². The van der Waals surface area contributed by atoms with Gasteiger partial charge in [0.25, 0.3) is 5.91 Å². The Balaban J connectivity index is 1.84. The molecule has 0 aliphatic rings. The lowest BCUT2D eigenvalue weighted by molar-refractivity contribution is -0.117. The summed E-state index contributed by atoms with van der Waals surface area (Å²) >= 11 is 18.4. The number of hydrogen-bond donors (Lipinski definition) is 1. The van der Waals surface area contributed by atoms with Crippen molar-refractivity contribution in [3.8, 4) is 11.8 Å². The number of nitrogens with zero attached hydrogens (tertiary/aromatic N) is 3. The molecule has 0 saturated carbocycles. The zero-order chi connectivity index (χ0) is 21.0. The van der Waals surface area contributed by atoms with Gasteiger partial charge < -0.3 is 5.32 Å². The van der Waals surface area contributed by atoms with Crippen LogP contribution in [0.1, 0.15) is 16.8 Å². The molecule has 146 valence electrons. The molecule has 2 aromatic carbocycles. The van der Waals surface area contributed by atoms with Crippen LogP contribution in [0.4, 0.5) is 0 Å². The Hall–Kier alpha value is -2.78. The fraction of sp³-hybridized carbons (Fsp3) is 0.0952. The highest BCUT2D eigenvalue weighted by atomic mass is 35.5. The van der Waals surface area contributed by atoms with Gasteiger partial charge in [-0.1, -0.05) is 53.0 Å². The number of amides is 1. The summed E-state index contributed by atoms with van der Waals surface area (Å²) in [7, 11) is 0. The Labute approximate surface area is 183 Å². The summed E-state index contributed by atoms with van der Waals surface area (Å²) in [6.07, 6.45) is 1.43. The summed E-state index contributed by atoms with van der Waals surface area (Å²) in [4.78, 5) is 12.4. The zero-order valence-corrected chi connectivity index (χ0v) is 17.6. The van der Waals surface area contributed by atoms with Crippen LogP contribution >= 0.6 is 34.8 Å². The van der Waals surface area contributed by atoms with Gasteiger partial charge in [-0.05, 0) is 48.9 Å². The molecule has 1 aromatic heterocycles. The minimum Gasteiger partial charge on any atom is -0.347 e. The van der Waals surface area contributed by atoms with Crippen molar-refractivity contribution < 1.29 is 4.79 Å². The van der Waals surface area contributed by atoms with Crippen molar-refractivity contribution in [2.75, 3.05) is 0 Å². The monoisotopic (exact) mass is 444 g/mol. The number of rotatable bonds is 5. The maximum atomic E-state index is 12.4.